The van der Waals surface area contributed by atoms with E-state index in [0.29, 0.717) is 0 Å². The third kappa shape index (κ3) is 4.96. The molecule has 2 saturated heterocycles. The molecule has 2 aliphatic rings. The zero-order valence-electron chi connectivity index (χ0n) is 14.8. The lowest BCUT2D eigenvalue weighted by atomic mass is 9.97. The van der Waals surface area contributed by atoms with Gasteiger partial charge >= 0.3 is 0 Å². The molecule has 2 rings (SSSR count). The molecule has 13 nitrogen and oxygen atoms in total. The topological polar surface area (TPSA) is 219 Å². The van der Waals surface area contributed by atoms with E-state index in [1.165, 1.54) is 0 Å². The molecular weight excluding hydrogens is 388 g/mol. The Labute approximate surface area is 159 Å². The number of hydrogen-bond donors (Lipinski definition) is 9. The Hall–Kier alpha value is -0.520. The van der Waals surface area contributed by atoms with E-state index in [2.05, 4.69) is 0 Å². The van der Waals surface area contributed by atoms with Crippen LogP contribution in [0.15, 0.2) is 0 Å². The monoisotopic (exact) mass is 416 g/mol. The van der Waals surface area contributed by atoms with E-state index in [-0.39, 0.29) is 0 Å². The largest absolute Gasteiger partial charge is 0.394 e. The molecular formula is C15H28O13. The molecule has 0 radical (unpaired) electrons. The van der Waals surface area contributed by atoms with Crippen LogP contribution in [0, 0.1) is 0 Å². The first-order valence-corrected chi connectivity index (χ1v) is 8.74. The molecule has 2 aliphatic heterocycles. The highest BCUT2D eigenvalue weighted by Gasteiger charge is 2.50. The van der Waals surface area contributed by atoms with Crippen LogP contribution >= 0.6 is 0 Å². The van der Waals surface area contributed by atoms with Crippen molar-refractivity contribution in [3.05, 3.63) is 0 Å². The molecule has 0 aromatic rings. The number of aliphatic hydroxyl groups is 9. The minimum Gasteiger partial charge on any atom is -0.394 e. The first-order valence-electron chi connectivity index (χ1n) is 8.74. The zero-order chi connectivity index (χ0) is 21.0. The molecule has 0 aromatic carbocycles. The van der Waals surface area contributed by atoms with E-state index in [4.69, 9.17) is 29.2 Å². The summed E-state index contributed by atoms with van der Waals surface area (Å²) in [6.07, 6.45) is -16.8. The molecule has 10 atom stereocenters. The molecule has 2 heterocycles. The van der Waals surface area contributed by atoms with E-state index in [1.54, 1.807) is 0 Å². The van der Waals surface area contributed by atoms with Gasteiger partial charge in [0.05, 0.1) is 26.4 Å². The van der Waals surface area contributed by atoms with Gasteiger partial charge in [-0.2, -0.15) is 0 Å². The summed E-state index contributed by atoms with van der Waals surface area (Å²) in [5, 5.41) is 87.0. The van der Waals surface area contributed by atoms with E-state index in [9.17, 15) is 35.7 Å². The van der Waals surface area contributed by atoms with Crippen molar-refractivity contribution in [2.45, 2.75) is 67.5 Å². The highest BCUT2D eigenvalue weighted by molar-refractivity contribution is 4.94. The van der Waals surface area contributed by atoms with Crippen molar-refractivity contribution in [3.63, 3.8) is 0 Å². The second-order valence-electron chi connectivity index (χ2n) is 6.63. The Bertz CT molecular complexity index is 459. The summed E-state index contributed by atoms with van der Waals surface area (Å²) in [6.45, 7) is -2.59. The first kappa shape index (κ1) is 23.8. The Morgan fingerprint density at radius 3 is 1.71 bits per heavy atom. The van der Waals surface area contributed by atoms with Crippen molar-refractivity contribution in [1.29, 1.82) is 0 Å². The SMILES string of the molecule is OCC(CO)O[C@@H]1O[C@H](CO)[C@H](O[C@H]2O[C@H](CO)[C@@H](O)[C@H](O)[C@@H]2O)[C@H](O)[C@H]1O. The number of ether oxygens (including phenoxy) is 4. The Kier molecular flexibility index (Phi) is 8.90. The second-order valence-corrected chi connectivity index (χ2v) is 6.63. The highest BCUT2D eigenvalue weighted by Crippen LogP contribution is 2.29. The molecule has 0 bridgehead atoms. The minimum atomic E-state index is -1.76. The molecule has 166 valence electrons. The summed E-state index contributed by atoms with van der Waals surface area (Å²) >= 11 is 0. The van der Waals surface area contributed by atoms with Crippen LogP contribution in [0.1, 0.15) is 0 Å². The first-order chi connectivity index (χ1) is 13.3. The van der Waals surface area contributed by atoms with Crippen molar-refractivity contribution >= 4 is 0 Å². The smallest absolute Gasteiger partial charge is 0.187 e. The normalized spacial score (nSPS) is 44.8. The van der Waals surface area contributed by atoms with Crippen molar-refractivity contribution in [2.75, 3.05) is 26.4 Å². The fourth-order valence-corrected chi connectivity index (χ4v) is 3.00. The average molecular weight is 416 g/mol. The van der Waals surface area contributed by atoms with Crippen LogP contribution < -0.4 is 0 Å². The predicted octanol–water partition coefficient (Wildman–Crippen LogP) is -6.02. The van der Waals surface area contributed by atoms with Crippen LogP contribution in [0.25, 0.3) is 0 Å². The van der Waals surface area contributed by atoms with E-state index in [1.807, 2.05) is 0 Å². The maximum absolute atomic E-state index is 10.4. The van der Waals surface area contributed by atoms with Crippen LogP contribution in [0.4, 0.5) is 0 Å². The summed E-state index contributed by atoms with van der Waals surface area (Å²) in [5.74, 6) is 0. The fraction of sp³-hybridized carbons (Fsp3) is 1.00. The van der Waals surface area contributed by atoms with Crippen molar-refractivity contribution in [1.82, 2.24) is 0 Å². The van der Waals surface area contributed by atoms with E-state index in [0.717, 1.165) is 0 Å². The summed E-state index contributed by atoms with van der Waals surface area (Å²) in [4.78, 5) is 0. The van der Waals surface area contributed by atoms with Gasteiger partial charge in [-0.1, -0.05) is 0 Å². The maximum Gasteiger partial charge on any atom is 0.187 e. The molecule has 2 fully saturated rings. The van der Waals surface area contributed by atoms with Crippen LogP contribution in [-0.4, -0.2) is 140 Å². The number of hydrogen-bond acceptors (Lipinski definition) is 13. The van der Waals surface area contributed by atoms with Gasteiger partial charge in [0, 0.05) is 0 Å². The van der Waals surface area contributed by atoms with Crippen LogP contribution in [-0.2, 0) is 18.9 Å². The number of aliphatic hydroxyl groups excluding tert-OH is 9. The molecule has 9 N–H and O–H groups in total. The van der Waals surface area contributed by atoms with Gasteiger partial charge in [-0.05, 0) is 0 Å². The van der Waals surface area contributed by atoms with Gasteiger partial charge in [-0.15, -0.1) is 0 Å². The lowest BCUT2D eigenvalue weighted by Gasteiger charge is -2.46. The molecule has 0 aromatic heterocycles. The highest BCUT2D eigenvalue weighted by atomic mass is 16.7. The van der Waals surface area contributed by atoms with E-state index < -0.39 is 93.9 Å². The van der Waals surface area contributed by atoms with Gasteiger partial charge in [0.1, 0.15) is 54.9 Å². The molecule has 28 heavy (non-hydrogen) atoms. The van der Waals surface area contributed by atoms with Gasteiger partial charge in [0.2, 0.25) is 0 Å². The molecule has 0 saturated carbocycles. The van der Waals surface area contributed by atoms with Crippen LogP contribution in [0.5, 0.6) is 0 Å². The molecule has 0 amide bonds. The Balaban J connectivity index is 2.10. The molecule has 0 aliphatic carbocycles. The fourth-order valence-electron chi connectivity index (χ4n) is 3.00. The van der Waals surface area contributed by atoms with Crippen LogP contribution in [0.3, 0.4) is 0 Å². The lowest BCUT2D eigenvalue weighted by Crippen LogP contribution is -2.65. The molecule has 13 heteroatoms. The average Bonchev–Trinajstić information content (AvgIpc) is 2.70. The third-order valence-corrected chi connectivity index (χ3v) is 4.69. The quantitative estimate of drug-likeness (QED) is 0.180. The van der Waals surface area contributed by atoms with E-state index >= 15 is 0 Å². The predicted molar refractivity (Wildman–Crippen MR) is 85.4 cm³/mol. The number of rotatable bonds is 8. The summed E-state index contributed by atoms with van der Waals surface area (Å²) in [6, 6.07) is 0. The Morgan fingerprint density at radius 1 is 0.643 bits per heavy atom. The Morgan fingerprint density at radius 2 is 1.18 bits per heavy atom. The second kappa shape index (κ2) is 10.5. The summed E-state index contributed by atoms with van der Waals surface area (Å²) in [7, 11) is 0. The van der Waals surface area contributed by atoms with Crippen molar-refractivity contribution in [3.8, 4) is 0 Å². The van der Waals surface area contributed by atoms with Crippen molar-refractivity contribution < 1.29 is 64.9 Å². The minimum absolute atomic E-state index is 0.590. The standard InChI is InChI=1S/C15H28O13/c16-1-5(2-17)25-14-12(24)10(22)13(7(4-19)27-14)28-15-11(23)9(21)8(20)6(3-18)26-15/h5-24H,1-4H2/t6-,7-,8-,9+,10-,11+,12-,13+,14-,15-/m1/s1. The van der Waals surface area contributed by atoms with Gasteiger partial charge in [-0.25, -0.2) is 0 Å². The maximum atomic E-state index is 10.4. The summed E-state index contributed by atoms with van der Waals surface area (Å²) < 4.78 is 21.0. The molecule has 0 spiro atoms. The molecule has 0 unspecified atom stereocenters. The van der Waals surface area contributed by atoms with Gasteiger partial charge in [-0.3, -0.25) is 0 Å². The van der Waals surface area contributed by atoms with Gasteiger partial charge < -0.3 is 64.9 Å². The summed E-state index contributed by atoms with van der Waals surface area (Å²) in [5.41, 5.74) is 0. The zero-order valence-corrected chi connectivity index (χ0v) is 14.8. The third-order valence-electron chi connectivity index (χ3n) is 4.69. The van der Waals surface area contributed by atoms with Gasteiger partial charge in [0.25, 0.3) is 0 Å². The van der Waals surface area contributed by atoms with Crippen molar-refractivity contribution in [2.24, 2.45) is 0 Å². The van der Waals surface area contributed by atoms with Crippen LogP contribution in [0.2, 0.25) is 0 Å². The van der Waals surface area contributed by atoms with Gasteiger partial charge in [0.15, 0.2) is 12.6 Å². The lowest BCUT2D eigenvalue weighted by molar-refractivity contribution is -0.363.